The summed E-state index contributed by atoms with van der Waals surface area (Å²) >= 11 is 0. The van der Waals surface area contributed by atoms with Crippen molar-refractivity contribution in [3.63, 3.8) is 0 Å². The molecule has 29 heavy (non-hydrogen) atoms. The number of alkyl halides is 1. The van der Waals surface area contributed by atoms with Gasteiger partial charge in [-0.1, -0.05) is 36.8 Å². The van der Waals surface area contributed by atoms with Crippen molar-refractivity contribution < 1.29 is 14.6 Å². The lowest BCUT2D eigenvalue weighted by molar-refractivity contribution is 0.0474. The Kier molecular flexibility index (Phi) is 7.10. The molecule has 0 aromatic rings. The summed E-state index contributed by atoms with van der Waals surface area (Å²) in [6.45, 7) is 10.1. The SMILES string of the molecule is C=C1CC[C@H](O)C/C1=C/C=C1\CCC[C@]2(C)[C@@H]([C@H](F)CCCC(C)(C)O)CC[C@@H]12. The van der Waals surface area contributed by atoms with Gasteiger partial charge in [0, 0.05) is 0 Å². The normalized spacial score (nSPS) is 37.2. The average Bonchev–Trinajstić information content (AvgIpc) is 2.99. The molecule has 2 N–H and O–H groups in total. The minimum Gasteiger partial charge on any atom is -0.393 e. The topological polar surface area (TPSA) is 40.5 Å². The van der Waals surface area contributed by atoms with Gasteiger partial charge in [-0.15, -0.1) is 0 Å². The fourth-order valence-corrected chi connectivity index (χ4v) is 6.20. The summed E-state index contributed by atoms with van der Waals surface area (Å²) in [4.78, 5) is 0. The summed E-state index contributed by atoms with van der Waals surface area (Å²) in [7, 11) is 0. The Morgan fingerprint density at radius 2 is 2.00 bits per heavy atom. The zero-order valence-corrected chi connectivity index (χ0v) is 18.7. The molecule has 0 unspecified atom stereocenters. The molecular weight excluding hydrogens is 363 g/mol. The maximum absolute atomic E-state index is 15.2. The van der Waals surface area contributed by atoms with Gasteiger partial charge in [-0.2, -0.15) is 0 Å². The summed E-state index contributed by atoms with van der Waals surface area (Å²) in [5.74, 6) is 0.615. The van der Waals surface area contributed by atoms with Gasteiger partial charge >= 0.3 is 0 Å². The summed E-state index contributed by atoms with van der Waals surface area (Å²) in [6.07, 6.45) is 13.3. The van der Waals surface area contributed by atoms with E-state index in [1.54, 1.807) is 13.8 Å². The molecule has 0 amide bonds. The number of aliphatic hydroxyl groups is 2. The van der Waals surface area contributed by atoms with Crippen LogP contribution in [0.3, 0.4) is 0 Å². The summed E-state index contributed by atoms with van der Waals surface area (Å²) in [5.41, 5.74) is 3.18. The molecule has 0 spiro atoms. The van der Waals surface area contributed by atoms with Crippen molar-refractivity contribution in [3.8, 4) is 0 Å². The van der Waals surface area contributed by atoms with Gasteiger partial charge in [0.15, 0.2) is 0 Å². The number of aliphatic hydroxyl groups excluding tert-OH is 1. The van der Waals surface area contributed by atoms with Crippen LogP contribution < -0.4 is 0 Å². The molecule has 0 saturated heterocycles. The molecule has 3 rings (SSSR count). The number of rotatable bonds is 6. The smallest absolute Gasteiger partial charge is 0.103 e. The highest BCUT2D eigenvalue weighted by Gasteiger charge is 2.51. The highest BCUT2D eigenvalue weighted by Crippen LogP contribution is 2.59. The molecule has 2 nitrogen and oxygen atoms in total. The largest absolute Gasteiger partial charge is 0.393 e. The number of halogens is 1. The van der Waals surface area contributed by atoms with Crippen LogP contribution in [0.4, 0.5) is 4.39 Å². The molecular formula is C26H41FO2. The first-order chi connectivity index (χ1) is 13.6. The van der Waals surface area contributed by atoms with Crippen molar-refractivity contribution in [2.75, 3.05) is 0 Å². The zero-order valence-electron chi connectivity index (χ0n) is 18.7. The standard InChI is InChI=1S/C26H41FO2/c1-18-9-12-21(28)17-20(18)11-10-19-7-5-16-26(4)22(19)13-14-23(26)24(27)8-6-15-25(2,3)29/h10-11,21-24,28-29H,1,5-9,12-17H2,2-4H3/b19-10+,20-11-/t21-,22-,23+,24+,26-/m0/s1. The predicted octanol–water partition coefficient (Wildman–Crippen LogP) is 6.44. The molecule has 0 aliphatic heterocycles. The van der Waals surface area contributed by atoms with E-state index in [2.05, 4.69) is 25.7 Å². The maximum Gasteiger partial charge on any atom is 0.103 e. The van der Waals surface area contributed by atoms with E-state index >= 15 is 4.39 Å². The van der Waals surface area contributed by atoms with Gasteiger partial charge in [-0.05, 0) is 107 Å². The van der Waals surface area contributed by atoms with E-state index in [0.29, 0.717) is 25.2 Å². The van der Waals surface area contributed by atoms with Crippen LogP contribution in [0.2, 0.25) is 0 Å². The third-order valence-corrected chi connectivity index (χ3v) is 7.93. The molecule has 3 fully saturated rings. The third kappa shape index (κ3) is 5.41. The van der Waals surface area contributed by atoms with E-state index in [0.717, 1.165) is 56.9 Å². The Bertz CT molecular complexity index is 656. The molecule has 3 heteroatoms. The second-order valence-electron chi connectivity index (χ2n) is 10.8. The first kappa shape index (κ1) is 22.7. The monoisotopic (exact) mass is 404 g/mol. The van der Waals surface area contributed by atoms with Crippen molar-refractivity contribution in [3.05, 3.63) is 35.5 Å². The van der Waals surface area contributed by atoms with E-state index in [9.17, 15) is 10.2 Å². The van der Waals surface area contributed by atoms with Gasteiger partial charge in [0.1, 0.15) is 6.17 Å². The lowest BCUT2D eigenvalue weighted by Gasteiger charge is -2.43. The summed E-state index contributed by atoms with van der Waals surface area (Å²) in [5, 5.41) is 19.9. The summed E-state index contributed by atoms with van der Waals surface area (Å²) in [6, 6.07) is 0. The Labute approximate surface area is 177 Å². The number of hydrogen-bond donors (Lipinski definition) is 2. The third-order valence-electron chi connectivity index (χ3n) is 7.93. The number of fused-ring (bicyclic) bond motifs is 1. The molecule has 5 atom stereocenters. The molecule has 0 bridgehead atoms. The van der Waals surface area contributed by atoms with Crippen molar-refractivity contribution in [1.82, 2.24) is 0 Å². The number of allylic oxidation sites excluding steroid dienone is 4. The lowest BCUT2D eigenvalue weighted by Crippen LogP contribution is -2.37. The van der Waals surface area contributed by atoms with Crippen molar-refractivity contribution in [2.45, 2.75) is 109 Å². The van der Waals surface area contributed by atoms with Gasteiger partial charge in [0.05, 0.1) is 11.7 Å². The molecule has 0 heterocycles. The maximum atomic E-state index is 15.2. The lowest BCUT2D eigenvalue weighted by atomic mass is 9.62. The predicted molar refractivity (Wildman–Crippen MR) is 118 cm³/mol. The fraction of sp³-hybridized carbons (Fsp3) is 0.769. The molecule has 3 aliphatic carbocycles. The van der Waals surface area contributed by atoms with E-state index in [1.165, 1.54) is 11.1 Å². The molecule has 0 aromatic carbocycles. The van der Waals surface area contributed by atoms with E-state index in [-0.39, 0.29) is 17.4 Å². The van der Waals surface area contributed by atoms with Crippen LogP contribution in [0.5, 0.6) is 0 Å². The first-order valence-corrected chi connectivity index (χ1v) is 11.7. The minimum absolute atomic E-state index is 0.0554. The van der Waals surface area contributed by atoms with Crippen LogP contribution in [0.25, 0.3) is 0 Å². The van der Waals surface area contributed by atoms with Crippen LogP contribution in [0.15, 0.2) is 35.5 Å². The zero-order chi connectivity index (χ0) is 21.2. The van der Waals surface area contributed by atoms with E-state index in [1.807, 2.05) is 0 Å². The van der Waals surface area contributed by atoms with Crippen LogP contribution in [-0.4, -0.2) is 28.1 Å². The molecule has 164 valence electrons. The highest BCUT2D eigenvalue weighted by molar-refractivity contribution is 5.36. The quantitative estimate of drug-likeness (QED) is 0.535. The van der Waals surface area contributed by atoms with Crippen LogP contribution in [0.1, 0.15) is 91.4 Å². The van der Waals surface area contributed by atoms with Gasteiger partial charge < -0.3 is 10.2 Å². The summed E-state index contributed by atoms with van der Waals surface area (Å²) < 4.78 is 15.2. The second kappa shape index (κ2) is 9.06. The van der Waals surface area contributed by atoms with Gasteiger partial charge in [-0.3, -0.25) is 0 Å². The Morgan fingerprint density at radius 1 is 1.24 bits per heavy atom. The van der Waals surface area contributed by atoms with Crippen LogP contribution in [0, 0.1) is 17.3 Å². The van der Waals surface area contributed by atoms with Gasteiger partial charge in [0.25, 0.3) is 0 Å². The Hall–Kier alpha value is -0.930. The molecule has 0 aromatic heterocycles. The van der Waals surface area contributed by atoms with Crippen LogP contribution >= 0.6 is 0 Å². The molecule has 3 saturated carbocycles. The van der Waals surface area contributed by atoms with Crippen molar-refractivity contribution in [1.29, 1.82) is 0 Å². The Morgan fingerprint density at radius 3 is 2.72 bits per heavy atom. The van der Waals surface area contributed by atoms with Gasteiger partial charge in [0.2, 0.25) is 0 Å². The van der Waals surface area contributed by atoms with Crippen molar-refractivity contribution >= 4 is 0 Å². The first-order valence-electron chi connectivity index (χ1n) is 11.7. The van der Waals surface area contributed by atoms with Crippen LogP contribution in [-0.2, 0) is 0 Å². The number of hydrogen-bond acceptors (Lipinski definition) is 2. The van der Waals surface area contributed by atoms with E-state index in [4.69, 9.17) is 0 Å². The molecule has 0 radical (unpaired) electrons. The average molecular weight is 405 g/mol. The Balaban J connectivity index is 1.68. The van der Waals surface area contributed by atoms with Gasteiger partial charge in [-0.25, -0.2) is 4.39 Å². The van der Waals surface area contributed by atoms with Crippen molar-refractivity contribution in [2.24, 2.45) is 17.3 Å². The van der Waals surface area contributed by atoms with E-state index < -0.39 is 11.8 Å². The highest BCUT2D eigenvalue weighted by atomic mass is 19.1. The minimum atomic E-state index is -0.765. The fourth-order valence-electron chi connectivity index (χ4n) is 6.20. The second-order valence-corrected chi connectivity index (χ2v) is 10.8. The molecule has 3 aliphatic rings.